The van der Waals surface area contributed by atoms with Gasteiger partial charge in [0.2, 0.25) is 0 Å². The standard InChI is InChI=1S/C11H13BrN2O5/c1-11(2,3)19-10(15)13(16)9-5-4-7(14(17)18)6-8(9)12/h4-6,16H,1-3H3. The number of anilines is 1. The first-order valence-corrected chi connectivity index (χ1v) is 6.07. The number of hydrogen-bond donors (Lipinski definition) is 1. The first-order chi connectivity index (χ1) is 8.61. The van der Waals surface area contributed by atoms with Gasteiger partial charge in [0.05, 0.1) is 15.1 Å². The van der Waals surface area contributed by atoms with Crippen LogP contribution in [0.15, 0.2) is 22.7 Å². The average molecular weight is 333 g/mol. The van der Waals surface area contributed by atoms with Gasteiger partial charge in [-0.15, -0.1) is 0 Å². The number of ether oxygens (including phenoxy) is 1. The van der Waals surface area contributed by atoms with Crippen LogP contribution in [0.25, 0.3) is 0 Å². The lowest BCUT2D eigenvalue weighted by Crippen LogP contribution is -2.34. The van der Waals surface area contributed by atoms with Crippen molar-refractivity contribution in [2.24, 2.45) is 0 Å². The van der Waals surface area contributed by atoms with Gasteiger partial charge >= 0.3 is 6.09 Å². The number of rotatable bonds is 2. The largest absolute Gasteiger partial charge is 0.442 e. The van der Waals surface area contributed by atoms with Gasteiger partial charge in [-0.25, -0.2) is 4.79 Å². The predicted octanol–water partition coefficient (Wildman–Crippen LogP) is 3.49. The van der Waals surface area contributed by atoms with E-state index < -0.39 is 16.6 Å². The van der Waals surface area contributed by atoms with Crippen LogP contribution in [-0.4, -0.2) is 21.8 Å². The fourth-order valence-corrected chi connectivity index (χ4v) is 1.72. The van der Waals surface area contributed by atoms with Gasteiger partial charge in [-0.05, 0) is 42.8 Å². The quantitative estimate of drug-likeness (QED) is 0.508. The number of nitrogens with zero attached hydrogens (tertiary/aromatic N) is 2. The van der Waals surface area contributed by atoms with E-state index in [1.165, 1.54) is 18.2 Å². The molecule has 7 nitrogen and oxygen atoms in total. The predicted molar refractivity (Wildman–Crippen MR) is 71.3 cm³/mol. The van der Waals surface area contributed by atoms with Crippen molar-refractivity contribution in [1.82, 2.24) is 0 Å². The Kier molecular flexibility index (Phi) is 4.48. The van der Waals surface area contributed by atoms with E-state index in [9.17, 15) is 20.1 Å². The molecule has 1 aromatic carbocycles. The van der Waals surface area contributed by atoms with Crippen LogP contribution in [0.2, 0.25) is 0 Å². The van der Waals surface area contributed by atoms with E-state index in [-0.39, 0.29) is 15.8 Å². The number of amides is 1. The molecule has 0 aliphatic rings. The van der Waals surface area contributed by atoms with Crippen LogP contribution in [0, 0.1) is 10.1 Å². The highest BCUT2D eigenvalue weighted by atomic mass is 79.9. The highest BCUT2D eigenvalue weighted by Gasteiger charge is 2.24. The summed E-state index contributed by atoms with van der Waals surface area (Å²) in [5.74, 6) is 0. The molecule has 0 saturated heterocycles. The molecule has 0 aliphatic carbocycles. The number of carbonyl (C=O) groups is 1. The van der Waals surface area contributed by atoms with Crippen molar-refractivity contribution in [2.45, 2.75) is 26.4 Å². The Bertz CT molecular complexity index is 512. The molecule has 1 rings (SSSR count). The van der Waals surface area contributed by atoms with E-state index >= 15 is 0 Å². The minimum Gasteiger partial charge on any atom is -0.442 e. The van der Waals surface area contributed by atoms with Gasteiger partial charge in [-0.2, -0.15) is 5.06 Å². The molecule has 0 unspecified atom stereocenters. The summed E-state index contributed by atoms with van der Waals surface area (Å²) >= 11 is 3.05. The first kappa shape index (κ1) is 15.4. The number of halogens is 1. The normalized spacial score (nSPS) is 11.0. The zero-order chi connectivity index (χ0) is 14.8. The maximum atomic E-state index is 11.6. The molecule has 19 heavy (non-hydrogen) atoms. The number of carbonyl (C=O) groups excluding carboxylic acids is 1. The summed E-state index contributed by atoms with van der Waals surface area (Å²) < 4.78 is 5.17. The van der Waals surface area contributed by atoms with Gasteiger partial charge in [0.25, 0.3) is 5.69 Å². The molecule has 0 saturated carbocycles. The maximum absolute atomic E-state index is 11.6. The molecule has 1 amide bonds. The highest BCUT2D eigenvalue weighted by molar-refractivity contribution is 9.10. The van der Waals surface area contributed by atoms with Crippen molar-refractivity contribution in [3.63, 3.8) is 0 Å². The van der Waals surface area contributed by atoms with E-state index in [4.69, 9.17) is 4.74 Å². The zero-order valence-electron chi connectivity index (χ0n) is 10.6. The Morgan fingerprint density at radius 3 is 2.47 bits per heavy atom. The van der Waals surface area contributed by atoms with Crippen molar-refractivity contribution >= 4 is 33.4 Å². The third-order valence-corrected chi connectivity index (χ3v) is 2.57. The molecule has 0 fully saturated rings. The molecule has 0 bridgehead atoms. The van der Waals surface area contributed by atoms with E-state index in [2.05, 4.69) is 15.9 Å². The Labute approximate surface area is 118 Å². The van der Waals surface area contributed by atoms with E-state index in [1.54, 1.807) is 20.8 Å². The molecule has 104 valence electrons. The van der Waals surface area contributed by atoms with E-state index in [1.807, 2.05) is 0 Å². The van der Waals surface area contributed by atoms with Crippen LogP contribution in [-0.2, 0) is 4.74 Å². The fraction of sp³-hybridized carbons (Fsp3) is 0.364. The van der Waals surface area contributed by atoms with Crippen LogP contribution >= 0.6 is 15.9 Å². The second kappa shape index (κ2) is 5.54. The lowest BCUT2D eigenvalue weighted by Gasteiger charge is -2.23. The highest BCUT2D eigenvalue weighted by Crippen LogP contribution is 2.30. The van der Waals surface area contributed by atoms with Crippen molar-refractivity contribution in [3.8, 4) is 0 Å². The fourth-order valence-electron chi connectivity index (χ4n) is 1.18. The smallest absolute Gasteiger partial charge is 0.439 e. The Morgan fingerprint density at radius 1 is 1.47 bits per heavy atom. The Balaban J connectivity index is 2.97. The SMILES string of the molecule is CC(C)(C)OC(=O)N(O)c1ccc([N+](=O)[O-])cc1Br. The molecule has 1 aromatic rings. The Morgan fingerprint density at radius 2 is 2.05 bits per heavy atom. The van der Waals surface area contributed by atoms with Crippen molar-refractivity contribution < 1.29 is 19.7 Å². The van der Waals surface area contributed by atoms with Crippen molar-refractivity contribution in [2.75, 3.05) is 5.06 Å². The molecular weight excluding hydrogens is 320 g/mol. The topological polar surface area (TPSA) is 92.9 Å². The van der Waals surface area contributed by atoms with Gasteiger partial charge < -0.3 is 4.74 Å². The molecule has 1 N–H and O–H groups in total. The summed E-state index contributed by atoms with van der Waals surface area (Å²) in [6, 6.07) is 3.60. The summed E-state index contributed by atoms with van der Waals surface area (Å²) in [6.07, 6.45) is -0.970. The van der Waals surface area contributed by atoms with Gasteiger partial charge in [0.1, 0.15) is 5.60 Å². The molecule has 0 atom stereocenters. The van der Waals surface area contributed by atoms with E-state index in [0.717, 1.165) is 0 Å². The number of nitro benzene ring substituents is 1. The first-order valence-electron chi connectivity index (χ1n) is 5.28. The second-order valence-corrected chi connectivity index (χ2v) is 5.54. The minimum absolute atomic E-state index is 0.0554. The van der Waals surface area contributed by atoms with Crippen LogP contribution in [0.1, 0.15) is 20.8 Å². The van der Waals surface area contributed by atoms with Crippen molar-refractivity contribution in [3.05, 3.63) is 32.8 Å². The summed E-state index contributed by atoms with van der Waals surface area (Å²) in [5, 5.41) is 20.6. The molecule has 0 aliphatic heterocycles. The van der Waals surface area contributed by atoms with Crippen LogP contribution in [0.4, 0.5) is 16.2 Å². The third kappa shape index (κ3) is 4.18. The third-order valence-electron chi connectivity index (χ3n) is 1.94. The van der Waals surface area contributed by atoms with Crippen LogP contribution in [0.5, 0.6) is 0 Å². The van der Waals surface area contributed by atoms with Gasteiger partial charge in [-0.1, -0.05) is 0 Å². The molecule has 8 heteroatoms. The molecule has 0 aromatic heterocycles. The number of non-ortho nitro benzene ring substituents is 1. The number of hydroxylamine groups is 1. The molecular formula is C11H13BrN2O5. The molecule has 0 radical (unpaired) electrons. The Hall–Kier alpha value is -1.67. The average Bonchev–Trinajstić information content (AvgIpc) is 2.25. The monoisotopic (exact) mass is 332 g/mol. The minimum atomic E-state index is -0.970. The summed E-state index contributed by atoms with van der Waals surface area (Å²) in [7, 11) is 0. The maximum Gasteiger partial charge on any atom is 0.439 e. The lowest BCUT2D eigenvalue weighted by atomic mass is 10.2. The van der Waals surface area contributed by atoms with Gasteiger partial charge in [0, 0.05) is 12.1 Å². The summed E-state index contributed by atoms with van der Waals surface area (Å²) in [4.78, 5) is 21.6. The van der Waals surface area contributed by atoms with Crippen molar-refractivity contribution in [1.29, 1.82) is 0 Å². The summed E-state index contributed by atoms with van der Waals surface area (Å²) in [6.45, 7) is 4.97. The van der Waals surface area contributed by atoms with E-state index in [0.29, 0.717) is 5.06 Å². The second-order valence-electron chi connectivity index (χ2n) is 4.68. The van der Waals surface area contributed by atoms with Gasteiger partial charge in [0.15, 0.2) is 0 Å². The lowest BCUT2D eigenvalue weighted by molar-refractivity contribution is -0.384. The molecule has 0 heterocycles. The zero-order valence-corrected chi connectivity index (χ0v) is 12.2. The number of benzene rings is 1. The number of hydrogen-bond acceptors (Lipinski definition) is 5. The summed E-state index contributed by atoms with van der Waals surface area (Å²) in [5.41, 5.74) is -0.862. The van der Waals surface area contributed by atoms with Crippen LogP contribution in [0.3, 0.4) is 0 Å². The van der Waals surface area contributed by atoms with Crippen LogP contribution < -0.4 is 5.06 Å². The van der Waals surface area contributed by atoms with Gasteiger partial charge in [-0.3, -0.25) is 15.3 Å². The number of nitro groups is 1. The molecule has 0 spiro atoms.